The molecule has 8 nitrogen and oxygen atoms in total. The Morgan fingerprint density at radius 2 is 2.03 bits per heavy atom. The third-order valence-corrected chi connectivity index (χ3v) is 4.92. The lowest BCUT2D eigenvalue weighted by Gasteiger charge is -2.06. The van der Waals surface area contributed by atoms with E-state index in [0.29, 0.717) is 22.2 Å². The molecule has 4 aromatic rings. The van der Waals surface area contributed by atoms with Gasteiger partial charge in [0.1, 0.15) is 11.4 Å². The second kappa shape index (κ2) is 8.00. The lowest BCUT2D eigenvalue weighted by atomic mass is 10.1. The summed E-state index contributed by atoms with van der Waals surface area (Å²) in [6, 6.07) is 12.7. The highest BCUT2D eigenvalue weighted by molar-refractivity contribution is 6.30. The van der Waals surface area contributed by atoms with Crippen molar-refractivity contribution in [1.29, 1.82) is 0 Å². The summed E-state index contributed by atoms with van der Waals surface area (Å²) in [6.07, 6.45) is 3.33. The minimum Gasteiger partial charge on any atom is -0.496 e. The number of imidazole rings is 1. The third kappa shape index (κ3) is 3.77. The zero-order chi connectivity index (χ0) is 21.3. The normalized spacial score (nSPS) is 11.3. The SMILES string of the molecule is COc1cc(Cl)ccc1-c1cc(C(=O)NN=Cc2ccc3c(c2)ncn3C)n(C)n1. The van der Waals surface area contributed by atoms with Crippen molar-refractivity contribution in [3.8, 4) is 17.0 Å². The molecule has 9 heteroatoms. The first-order valence-corrected chi connectivity index (χ1v) is 9.46. The molecule has 2 aromatic carbocycles. The number of fused-ring (bicyclic) bond motifs is 1. The first-order valence-electron chi connectivity index (χ1n) is 9.08. The molecule has 0 saturated carbocycles. The van der Waals surface area contributed by atoms with Gasteiger partial charge in [0.05, 0.1) is 36.4 Å². The maximum atomic E-state index is 12.6. The van der Waals surface area contributed by atoms with Crippen LogP contribution in [0.2, 0.25) is 5.02 Å². The fourth-order valence-corrected chi connectivity index (χ4v) is 3.31. The van der Waals surface area contributed by atoms with Crippen LogP contribution >= 0.6 is 11.6 Å². The molecule has 2 heterocycles. The molecule has 2 aromatic heterocycles. The van der Waals surface area contributed by atoms with Gasteiger partial charge in [-0.2, -0.15) is 10.2 Å². The first-order chi connectivity index (χ1) is 14.5. The first kappa shape index (κ1) is 19.7. The summed E-state index contributed by atoms with van der Waals surface area (Å²) in [5.41, 5.74) is 6.95. The van der Waals surface area contributed by atoms with Crippen molar-refractivity contribution in [2.24, 2.45) is 19.2 Å². The number of benzene rings is 2. The maximum Gasteiger partial charge on any atom is 0.289 e. The number of amides is 1. The average Bonchev–Trinajstić information content (AvgIpc) is 3.30. The Balaban J connectivity index is 1.51. The van der Waals surface area contributed by atoms with E-state index in [4.69, 9.17) is 16.3 Å². The van der Waals surface area contributed by atoms with Crippen LogP contribution in [0.25, 0.3) is 22.3 Å². The fraction of sp³-hybridized carbons (Fsp3) is 0.143. The molecule has 1 N–H and O–H groups in total. The molecule has 0 aliphatic rings. The summed E-state index contributed by atoms with van der Waals surface area (Å²) in [5.74, 6) is 0.204. The molecule has 4 rings (SSSR count). The molecule has 0 spiro atoms. The zero-order valence-electron chi connectivity index (χ0n) is 16.6. The van der Waals surface area contributed by atoms with E-state index in [0.717, 1.165) is 22.2 Å². The van der Waals surface area contributed by atoms with Crippen molar-refractivity contribution < 1.29 is 9.53 Å². The minimum absolute atomic E-state index is 0.360. The van der Waals surface area contributed by atoms with Crippen LogP contribution in [0.4, 0.5) is 0 Å². The predicted molar refractivity (Wildman–Crippen MR) is 116 cm³/mol. The number of halogens is 1. The van der Waals surface area contributed by atoms with Crippen LogP contribution in [0, 0.1) is 0 Å². The zero-order valence-corrected chi connectivity index (χ0v) is 17.4. The molecule has 152 valence electrons. The molecular weight excluding hydrogens is 404 g/mol. The molecule has 0 atom stereocenters. The van der Waals surface area contributed by atoms with Crippen LogP contribution in [0.5, 0.6) is 5.75 Å². The molecule has 0 aliphatic carbocycles. The highest BCUT2D eigenvalue weighted by Crippen LogP contribution is 2.31. The number of aromatic nitrogens is 4. The van der Waals surface area contributed by atoms with E-state index in [1.54, 1.807) is 51.0 Å². The highest BCUT2D eigenvalue weighted by Gasteiger charge is 2.16. The largest absolute Gasteiger partial charge is 0.496 e. The Labute approximate surface area is 177 Å². The molecule has 0 unspecified atom stereocenters. The molecule has 0 fully saturated rings. The average molecular weight is 423 g/mol. The van der Waals surface area contributed by atoms with Crippen molar-refractivity contribution in [3.63, 3.8) is 0 Å². The van der Waals surface area contributed by atoms with E-state index in [1.165, 1.54) is 4.68 Å². The number of carbonyl (C=O) groups excluding carboxylic acids is 1. The van der Waals surface area contributed by atoms with Gasteiger partial charge in [-0.1, -0.05) is 17.7 Å². The predicted octanol–water partition coefficient (Wildman–Crippen LogP) is 3.40. The van der Waals surface area contributed by atoms with E-state index in [-0.39, 0.29) is 5.91 Å². The number of nitrogens with one attached hydrogen (secondary N) is 1. The summed E-state index contributed by atoms with van der Waals surface area (Å²) in [7, 11) is 5.19. The topological polar surface area (TPSA) is 86.3 Å². The summed E-state index contributed by atoms with van der Waals surface area (Å²) in [5, 5.41) is 9.03. The summed E-state index contributed by atoms with van der Waals surface area (Å²) in [4.78, 5) is 16.9. The van der Waals surface area contributed by atoms with E-state index >= 15 is 0 Å². The van der Waals surface area contributed by atoms with Crippen molar-refractivity contribution in [3.05, 3.63) is 65.1 Å². The number of aryl methyl sites for hydroxylation is 2. The monoisotopic (exact) mass is 422 g/mol. The Morgan fingerprint density at radius 1 is 1.20 bits per heavy atom. The van der Waals surface area contributed by atoms with Gasteiger partial charge in [-0.25, -0.2) is 10.4 Å². The quantitative estimate of drug-likeness (QED) is 0.394. The van der Waals surface area contributed by atoms with Gasteiger partial charge < -0.3 is 9.30 Å². The molecule has 30 heavy (non-hydrogen) atoms. The van der Waals surface area contributed by atoms with Crippen molar-refractivity contribution >= 4 is 34.8 Å². The van der Waals surface area contributed by atoms with Gasteiger partial charge in [0, 0.05) is 24.7 Å². The second-order valence-corrected chi connectivity index (χ2v) is 7.12. The van der Waals surface area contributed by atoms with Crippen LogP contribution < -0.4 is 10.2 Å². The minimum atomic E-state index is -0.376. The van der Waals surface area contributed by atoms with E-state index < -0.39 is 0 Å². The molecule has 0 bridgehead atoms. The van der Waals surface area contributed by atoms with Crippen LogP contribution in [0.3, 0.4) is 0 Å². The number of hydrogen-bond acceptors (Lipinski definition) is 5. The molecule has 1 amide bonds. The van der Waals surface area contributed by atoms with Gasteiger partial charge in [0.15, 0.2) is 0 Å². The number of nitrogens with zero attached hydrogens (tertiary/aromatic N) is 5. The number of methoxy groups -OCH3 is 1. The smallest absolute Gasteiger partial charge is 0.289 e. The highest BCUT2D eigenvalue weighted by atomic mass is 35.5. The standard InChI is InChI=1S/C21H19ClN6O2/c1-27-12-23-17-8-13(4-7-18(17)27)11-24-25-21(29)19-10-16(26-28(19)2)15-6-5-14(22)9-20(15)30-3/h4-12H,1-3H3,(H,25,29). The van der Waals surface area contributed by atoms with Crippen LogP contribution in [-0.2, 0) is 14.1 Å². The third-order valence-electron chi connectivity index (χ3n) is 4.68. The van der Waals surface area contributed by atoms with Gasteiger partial charge in [-0.15, -0.1) is 0 Å². The number of ether oxygens (including phenoxy) is 1. The van der Waals surface area contributed by atoms with E-state index in [9.17, 15) is 4.79 Å². The maximum absolute atomic E-state index is 12.6. The van der Waals surface area contributed by atoms with Gasteiger partial charge in [-0.3, -0.25) is 9.48 Å². The van der Waals surface area contributed by atoms with Crippen LogP contribution in [0.15, 0.2) is 53.9 Å². The fourth-order valence-electron chi connectivity index (χ4n) is 3.14. The Bertz CT molecular complexity index is 1270. The Morgan fingerprint density at radius 3 is 2.83 bits per heavy atom. The molecule has 0 saturated heterocycles. The van der Waals surface area contributed by atoms with E-state index in [2.05, 4.69) is 20.6 Å². The number of hydrazone groups is 1. The van der Waals surface area contributed by atoms with Crippen LogP contribution in [-0.4, -0.2) is 38.6 Å². The van der Waals surface area contributed by atoms with Gasteiger partial charge >= 0.3 is 0 Å². The summed E-state index contributed by atoms with van der Waals surface area (Å²) < 4.78 is 8.80. The van der Waals surface area contributed by atoms with Gasteiger partial charge in [-0.05, 0) is 42.0 Å². The van der Waals surface area contributed by atoms with Crippen molar-refractivity contribution in [2.75, 3.05) is 7.11 Å². The molecule has 0 aliphatic heterocycles. The van der Waals surface area contributed by atoms with Crippen molar-refractivity contribution in [1.82, 2.24) is 24.8 Å². The van der Waals surface area contributed by atoms with Crippen molar-refractivity contribution in [2.45, 2.75) is 0 Å². The lowest BCUT2D eigenvalue weighted by Crippen LogP contribution is -2.20. The van der Waals surface area contributed by atoms with Gasteiger partial charge in [0.2, 0.25) is 0 Å². The van der Waals surface area contributed by atoms with E-state index in [1.807, 2.05) is 29.8 Å². The lowest BCUT2D eigenvalue weighted by molar-refractivity contribution is 0.0945. The molecular formula is C21H19ClN6O2. The number of carbonyl (C=O) groups is 1. The molecule has 0 radical (unpaired) electrons. The Hall–Kier alpha value is -3.65. The Kier molecular flexibility index (Phi) is 5.24. The summed E-state index contributed by atoms with van der Waals surface area (Å²) >= 11 is 6.02. The van der Waals surface area contributed by atoms with Gasteiger partial charge in [0.25, 0.3) is 5.91 Å². The summed E-state index contributed by atoms with van der Waals surface area (Å²) in [6.45, 7) is 0. The van der Waals surface area contributed by atoms with Crippen LogP contribution in [0.1, 0.15) is 16.1 Å². The number of hydrogen-bond donors (Lipinski definition) is 1. The number of rotatable bonds is 5. The second-order valence-electron chi connectivity index (χ2n) is 6.69.